The van der Waals surface area contributed by atoms with E-state index >= 15 is 0 Å². The molecule has 142 valence electrons. The summed E-state index contributed by atoms with van der Waals surface area (Å²) < 4.78 is 4.58. The van der Waals surface area contributed by atoms with Crippen LogP contribution in [0, 0.1) is 10.1 Å². The number of hydrogen-bond acceptors (Lipinski definition) is 7. The van der Waals surface area contributed by atoms with Crippen LogP contribution in [-0.4, -0.2) is 47.5 Å². The molecule has 8 heteroatoms. The summed E-state index contributed by atoms with van der Waals surface area (Å²) in [7, 11) is 1.21. The van der Waals surface area contributed by atoms with Gasteiger partial charge in [0.1, 0.15) is 0 Å². The highest BCUT2D eigenvalue weighted by Crippen LogP contribution is 2.26. The highest BCUT2D eigenvalue weighted by Gasteiger charge is 2.19. The summed E-state index contributed by atoms with van der Waals surface area (Å²) in [5.41, 5.74) is 1.67. The number of esters is 1. The first-order valence-corrected chi connectivity index (χ1v) is 8.88. The Hall–Kier alpha value is -3.00. The standard InChI is InChI=1S/C19H22N4O4/c1-27-19(24)15-12-17(23(25)26)18(20-13-15)21-16-6-4-14(5-7-16)8-11-22-9-2-3-10-22/h4-7,12-13H,2-3,8-11H2,1H3,(H,20,21). The molecule has 2 heterocycles. The smallest absolute Gasteiger partial charge is 0.339 e. The largest absolute Gasteiger partial charge is 0.465 e. The third-order valence-corrected chi connectivity index (χ3v) is 4.62. The van der Waals surface area contributed by atoms with Gasteiger partial charge in [0.2, 0.25) is 5.82 Å². The minimum absolute atomic E-state index is 0.0343. The second-order valence-corrected chi connectivity index (χ2v) is 6.46. The van der Waals surface area contributed by atoms with E-state index in [9.17, 15) is 14.9 Å². The predicted octanol–water partition coefficient (Wildman–Crippen LogP) is 3.16. The molecule has 0 amide bonds. The molecule has 0 spiro atoms. The van der Waals surface area contributed by atoms with Crippen molar-refractivity contribution in [2.45, 2.75) is 19.3 Å². The first-order chi connectivity index (χ1) is 13.1. The van der Waals surface area contributed by atoms with E-state index in [-0.39, 0.29) is 17.1 Å². The van der Waals surface area contributed by atoms with Gasteiger partial charge in [-0.2, -0.15) is 0 Å². The zero-order valence-corrected chi connectivity index (χ0v) is 15.2. The van der Waals surface area contributed by atoms with E-state index in [1.54, 1.807) is 0 Å². The van der Waals surface area contributed by atoms with Crippen LogP contribution in [0.25, 0.3) is 0 Å². The van der Waals surface area contributed by atoms with Crippen LogP contribution in [0.3, 0.4) is 0 Å². The highest BCUT2D eigenvalue weighted by molar-refractivity contribution is 5.90. The van der Waals surface area contributed by atoms with Crippen molar-refractivity contribution in [1.82, 2.24) is 9.88 Å². The SMILES string of the molecule is COC(=O)c1cnc(Nc2ccc(CCN3CCCC3)cc2)c([N+](=O)[O-])c1. The molecular formula is C19H22N4O4. The van der Waals surface area contributed by atoms with Gasteiger partial charge in [0.05, 0.1) is 17.6 Å². The van der Waals surface area contributed by atoms with Gasteiger partial charge in [0, 0.05) is 24.5 Å². The van der Waals surface area contributed by atoms with Gasteiger partial charge in [-0.1, -0.05) is 12.1 Å². The van der Waals surface area contributed by atoms with Crippen LogP contribution in [0.4, 0.5) is 17.2 Å². The summed E-state index contributed by atoms with van der Waals surface area (Å²) in [6.07, 6.45) is 4.80. The van der Waals surface area contributed by atoms with Gasteiger partial charge in [-0.3, -0.25) is 10.1 Å². The van der Waals surface area contributed by atoms with E-state index in [0.29, 0.717) is 5.69 Å². The molecule has 1 aromatic carbocycles. The van der Waals surface area contributed by atoms with Crippen LogP contribution in [0.5, 0.6) is 0 Å². The quantitative estimate of drug-likeness (QED) is 0.454. The number of aromatic nitrogens is 1. The number of hydrogen-bond donors (Lipinski definition) is 1. The highest BCUT2D eigenvalue weighted by atomic mass is 16.6. The third-order valence-electron chi connectivity index (χ3n) is 4.62. The molecule has 0 bridgehead atoms. The molecule has 2 aromatic rings. The average Bonchev–Trinajstić information content (AvgIpc) is 3.20. The fraction of sp³-hybridized carbons (Fsp3) is 0.368. The zero-order valence-electron chi connectivity index (χ0n) is 15.2. The van der Waals surface area contributed by atoms with Crippen LogP contribution >= 0.6 is 0 Å². The number of pyridine rings is 1. The Morgan fingerprint density at radius 3 is 2.63 bits per heavy atom. The molecular weight excluding hydrogens is 348 g/mol. The molecule has 1 N–H and O–H groups in total. The minimum atomic E-state index is -0.667. The van der Waals surface area contributed by atoms with Gasteiger partial charge >= 0.3 is 11.7 Å². The number of methoxy groups -OCH3 is 1. The molecule has 1 saturated heterocycles. The molecule has 0 aliphatic carbocycles. The fourth-order valence-electron chi connectivity index (χ4n) is 3.10. The molecule has 8 nitrogen and oxygen atoms in total. The Morgan fingerprint density at radius 2 is 2.00 bits per heavy atom. The third kappa shape index (κ3) is 4.79. The molecule has 0 unspecified atom stereocenters. The topological polar surface area (TPSA) is 97.6 Å². The van der Waals surface area contributed by atoms with Gasteiger partial charge in [-0.15, -0.1) is 0 Å². The maximum Gasteiger partial charge on any atom is 0.339 e. The zero-order chi connectivity index (χ0) is 19.2. The number of rotatable bonds is 7. The lowest BCUT2D eigenvalue weighted by atomic mass is 10.1. The number of benzene rings is 1. The summed E-state index contributed by atoms with van der Waals surface area (Å²) in [6.45, 7) is 3.40. The number of carbonyl (C=O) groups is 1. The van der Waals surface area contributed by atoms with E-state index in [1.165, 1.54) is 44.8 Å². The molecule has 1 aliphatic heterocycles. The average molecular weight is 370 g/mol. The van der Waals surface area contributed by atoms with Crippen LogP contribution in [-0.2, 0) is 11.2 Å². The van der Waals surface area contributed by atoms with E-state index in [1.807, 2.05) is 24.3 Å². The summed E-state index contributed by atoms with van der Waals surface area (Å²) >= 11 is 0. The van der Waals surface area contributed by atoms with Crippen molar-refractivity contribution >= 4 is 23.2 Å². The van der Waals surface area contributed by atoms with Gasteiger partial charge in [0.15, 0.2) is 0 Å². The molecule has 0 radical (unpaired) electrons. The first kappa shape index (κ1) is 18.8. The van der Waals surface area contributed by atoms with Crippen molar-refractivity contribution in [2.75, 3.05) is 32.1 Å². The van der Waals surface area contributed by atoms with Crippen molar-refractivity contribution in [1.29, 1.82) is 0 Å². The van der Waals surface area contributed by atoms with E-state index < -0.39 is 10.9 Å². The second kappa shape index (κ2) is 8.59. The Kier molecular flexibility index (Phi) is 5.97. The molecule has 0 atom stereocenters. The molecule has 27 heavy (non-hydrogen) atoms. The number of nitrogens with zero attached hydrogens (tertiary/aromatic N) is 3. The van der Waals surface area contributed by atoms with Gasteiger partial charge < -0.3 is 15.0 Å². The summed E-state index contributed by atoms with van der Waals surface area (Å²) in [5, 5.41) is 14.3. The Balaban J connectivity index is 1.68. The fourth-order valence-corrected chi connectivity index (χ4v) is 3.10. The lowest BCUT2D eigenvalue weighted by Gasteiger charge is -2.14. The Morgan fingerprint density at radius 1 is 1.30 bits per heavy atom. The summed E-state index contributed by atoms with van der Waals surface area (Å²) in [4.78, 5) is 28.8. The van der Waals surface area contributed by atoms with E-state index in [0.717, 1.165) is 19.0 Å². The van der Waals surface area contributed by atoms with Crippen LogP contribution in [0.15, 0.2) is 36.5 Å². The second-order valence-electron chi connectivity index (χ2n) is 6.46. The van der Waals surface area contributed by atoms with Gasteiger partial charge in [-0.05, 0) is 50.0 Å². The Labute approximate surface area is 157 Å². The van der Waals surface area contributed by atoms with E-state index in [2.05, 4.69) is 19.9 Å². The van der Waals surface area contributed by atoms with Crippen molar-refractivity contribution in [3.05, 3.63) is 57.8 Å². The van der Waals surface area contributed by atoms with Crippen molar-refractivity contribution < 1.29 is 14.5 Å². The normalized spacial score (nSPS) is 14.1. The molecule has 1 aliphatic rings. The number of carbonyl (C=O) groups excluding carboxylic acids is 1. The van der Waals surface area contributed by atoms with Crippen LogP contribution < -0.4 is 5.32 Å². The maximum atomic E-state index is 11.5. The number of likely N-dealkylation sites (tertiary alicyclic amines) is 1. The monoisotopic (exact) mass is 370 g/mol. The van der Waals surface area contributed by atoms with Crippen LogP contribution in [0.1, 0.15) is 28.8 Å². The lowest BCUT2D eigenvalue weighted by molar-refractivity contribution is -0.384. The van der Waals surface area contributed by atoms with E-state index in [4.69, 9.17) is 0 Å². The summed E-state index contributed by atoms with van der Waals surface area (Å²) in [6, 6.07) is 8.92. The van der Waals surface area contributed by atoms with Crippen molar-refractivity contribution in [3.8, 4) is 0 Å². The first-order valence-electron chi connectivity index (χ1n) is 8.88. The number of anilines is 2. The summed E-state index contributed by atoms with van der Waals surface area (Å²) in [5.74, 6) is -0.586. The number of ether oxygens (including phenoxy) is 1. The van der Waals surface area contributed by atoms with Gasteiger partial charge in [0.25, 0.3) is 0 Å². The molecule has 1 aromatic heterocycles. The molecule has 1 fully saturated rings. The van der Waals surface area contributed by atoms with Crippen molar-refractivity contribution in [2.24, 2.45) is 0 Å². The molecule has 3 rings (SSSR count). The number of nitro groups is 1. The lowest BCUT2D eigenvalue weighted by Crippen LogP contribution is -2.21. The predicted molar refractivity (Wildman–Crippen MR) is 101 cm³/mol. The minimum Gasteiger partial charge on any atom is -0.465 e. The molecule has 0 saturated carbocycles. The maximum absolute atomic E-state index is 11.5. The number of nitrogens with one attached hydrogen (secondary N) is 1. The van der Waals surface area contributed by atoms with Crippen LogP contribution in [0.2, 0.25) is 0 Å². The Bertz CT molecular complexity index is 817. The van der Waals surface area contributed by atoms with Crippen molar-refractivity contribution in [3.63, 3.8) is 0 Å². The van der Waals surface area contributed by atoms with Gasteiger partial charge in [-0.25, -0.2) is 9.78 Å².